The Morgan fingerprint density at radius 1 is 1.07 bits per heavy atom. The smallest absolute Gasteiger partial charge is 0.261 e. The molecule has 150 valence electrons. The first-order chi connectivity index (χ1) is 14.4. The Bertz CT molecular complexity index is 1230. The summed E-state index contributed by atoms with van der Waals surface area (Å²) in [5.41, 5.74) is 6.58. The van der Waals surface area contributed by atoms with Crippen LogP contribution >= 0.6 is 11.6 Å². The van der Waals surface area contributed by atoms with Gasteiger partial charge in [-0.25, -0.2) is 9.07 Å². The third-order valence-corrected chi connectivity index (χ3v) is 4.74. The summed E-state index contributed by atoms with van der Waals surface area (Å²) in [6.45, 7) is 0. The highest BCUT2D eigenvalue weighted by Crippen LogP contribution is 2.26. The molecule has 0 unspecified atom stereocenters. The molecule has 2 aromatic carbocycles. The van der Waals surface area contributed by atoms with Gasteiger partial charge < -0.3 is 15.6 Å². The van der Waals surface area contributed by atoms with Crippen molar-refractivity contribution in [3.63, 3.8) is 0 Å². The molecule has 2 heterocycles. The number of carbonyl (C=O) groups is 2. The molecule has 2 amide bonds. The fourth-order valence-corrected chi connectivity index (χ4v) is 3.13. The number of benzene rings is 2. The number of hydrogen-bond donors (Lipinski definition) is 2. The van der Waals surface area contributed by atoms with E-state index in [-0.39, 0.29) is 27.7 Å². The molecule has 0 aliphatic heterocycles. The van der Waals surface area contributed by atoms with E-state index in [2.05, 4.69) is 10.4 Å². The van der Waals surface area contributed by atoms with Crippen molar-refractivity contribution < 1.29 is 14.0 Å². The lowest BCUT2D eigenvalue weighted by atomic mass is 10.2. The number of amides is 2. The van der Waals surface area contributed by atoms with Gasteiger partial charge in [0.05, 0.1) is 22.6 Å². The van der Waals surface area contributed by atoms with Crippen molar-refractivity contribution in [3.05, 3.63) is 95.2 Å². The van der Waals surface area contributed by atoms with Crippen LogP contribution in [0.4, 0.5) is 10.1 Å². The molecule has 0 saturated heterocycles. The highest BCUT2D eigenvalue weighted by Gasteiger charge is 2.21. The van der Waals surface area contributed by atoms with Gasteiger partial charge in [-0.15, -0.1) is 0 Å². The van der Waals surface area contributed by atoms with Crippen molar-refractivity contribution in [1.29, 1.82) is 0 Å². The summed E-state index contributed by atoms with van der Waals surface area (Å²) in [6, 6.07) is 13.7. The van der Waals surface area contributed by atoms with Crippen molar-refractivity contribution in [2.24, 2.45) is 5.73 Å². The molecule has 0 aliphatic carbocycles. The van der Waals surface area contributed by atoms with E-state index in [1.807, 2.05) is 0 Å². The van der Waals surface area contributed by atoms with Crippen molar-refractivity contribution in [1.82, 2.24) is 14.3 Å². The number of anilines is 1. The second-order valence-electron chi connectivity index (χ2n) is 6.37. The van der Waals surface area contributed by atoms with Crippen LogP contribution < -0.4 is 11.1 Å². The number of halogens is 2. The molecular formula is C21H15ClFN5O2. The van der Waals surface area contributed by atoms with Crippen molar-refractivity contribution in [2.45, 2.75) is 0 Å². The summed E-state index contributed by atoms with van der Waals surface area (Å²) in [7, 11) is 0. The Balaban J connectivity index is 1.76. The highest BCUT2D eigenvalue weighted by atomic mass is 35.5. The summed E-state index contributed by atoms with van der Waals surface area (Å²) < 4.78 is 16.6. The van der Waals surface area contributed by atoms with E-state index < -0.39 is 11.8 Å². The summed E-state index contributed by atoms with van der Waals surface area (Å²) >= 11 is 6.16. The second-order valence-corrected chi connectivity index (χ2v) is 6.78. The molecule has 0 radical (unpaired) electrons. The largest absolute Gasteiger partial charge is 0.366 e. The van der Waals surface area contributed by atoms with Crippen LogP contribution in [0, 0.1) is 5.82 Å². The van der Waals surface area contributed by atoms with Gasteiger partial charge in [0.2, 0.25) is 5.91 Å². The van der Waals surface area contributed by atoms with Crippen LogP contribution in [0.25, 0.3) is 11.5 Å². The lowest BCUT2D eigenvalue weighted by Crippen LogP contribution is -2.17. The average molecular weight is 424 g/mol. The zero-order valence-corrected chi connectivity index (χ0v) is 16.2. The Morgan fingerprint density at radius 3 is 2.43 bits per heavy atom. The van der Waals surface area contributed by atoms with E-state index in [0.29, 0.717) is 11.5 Å². The maximum Gasteiger partial charge on any atom is 0.261 e. The molecular weight excluding hydrogens is 409 g/mol. The van der Waals surface area contributed by atoms with Crippen LogP contribution in [-0.2, 0) is 0 Å². The third kappa shape index (κ3) is 3.68. The van der Waals surface area contributed by atoms with Crippen LogP contribution in [0.5, 0.6) is 0 Å². The molecule has 0 spiro atoms. The van der Waals surface area contributed by atoms with E-state index in [0.717, 1.165) is 0 Å². The zero-order valence-electron chi connectivity index (χ0n) is 15.4. The lowest BCUT2D eigenvalue weighted by molar-refractivity contribution is 0.0996. The maximum absolute atomic E-state index is 13.3. The minimum absolute atomic E-state index is 0.211. The summed E-state index contributed by atoms with van der Waals surface area (Å²) in [5.74, 6) is -1.06. The quantitative estimate of drug-likeness (QED) is 0.511. The topological polar surface area (TPSA) is 94.9 Å². The molecule has 3 N–H and O–H groups in total. The first kappa shape index (κ1) is 19.4. The molecule has 0 saturated carbocycles. The van der Waals surface area contributed by atoms with Gasteiger partial charge in [-0.05, 0) is 54.6 Å². The van der Waals surface area contributed by atoms with Gasteiger partial charge in [0.15, 0.2) is 5.82 Å². The SMILES string of the molecule is NC(=O)c1ccc(Cl)c(NC(=O)c2cnn(-c3ccc(F)cc3)c2-n2cccc2)c1. The third-order valence-electron chi connectivity index (χ3n) is 4.41. The number of primary amides is 1. The van der Waals surface area contributed by atoms with E-state index in [1.165, 1.54) is 41.2 Å². The zero-order chi connectivity index (χ0) is 21.3. The minimum Gasteiger partial charge on any atom is -0.366 e. The van der Waals surface area contributed by atoms with Crippen LogP contribution in [0.3, 0.4) is 0 Å². The normalized spacial score (nSPS) is 10.7. The van der Waals surface area contributed by atoms with Gasteiger partial charge in [0, 0.05) is 18.0 Å². The Labute approximate surface area is 175 Å². The van der Waals surface area contributed by atoms with Gasteiger partial charge in [0.1, 0.15) is 11.4 Å². The Morgan fingerprint density at radius 2 is 1.77 bits per heavy atom. The number of nitrogens with zero attached hydrogens (tertiary/aromatic N) is 3. The molecule has 7 nitrogen and oxygen atoms in total. The molecule has 30 heavy (non-hydrogen) atoms. The van der Waals surface area contributed by atoms with Crippen LogP contribution in [0.15, 0.2) is 73.2 Å². The molecule has 0 bridgehead atoms. The standard InChI is InChI=1S/C21H15ClFN5O2/c22-17-8-3-13(19(24)29)11-18(17)26-20(30)16-12-25-28(15-6-4-14(23)5-7-15)21(16)27-9-1-2-10-27/h1-12H,(H2,24,29)(H,26,30). The second kappa shape index (κ2) is 7.84. The Hall–Kier alpha value is -3.91. The van der Waals surface area contributed by atoms with Gasteiger partial charge >= 0.3 is 0 Å². The fourth-order valence-electron chi connectivity index (χ4n) is 2.96. The number of carbonyl (C=O) groups excluding carboxylic acids is 2. The Kier molecular flexibility index (Phi) is 5.07. The monoisotopic (exact) mass is 423 g/mol. The maximum atomic E-state index is 13.3. The molecule has 9 heteroatoms. The highest BCUT2D eigenvalue weighted by molar-refractivity contribution is 6.34. The molecule has 4 aromatic rings. The van der Waals surface area contributed by atoms with E-state index in [4.69, 9.17) is 17.3 Å². The fraction of sp³-hybridized carbons (Fsp3) is 0. The minimum atomic E-state index is -0.640. The van der Waals surface area contributed by atoms with Crippen molar-refractivity contribution >= 4 is 29.1 Å². The van der Waals surface area contributed by atoms with E-state index >= 15 is 0 Å². The lowest BCUT2D eigenvalue weighted by Gasteiger charge is -2.12. The van der Waals surface area contributed by atoms with Gasteiger partial charge in [-0.2, -0.15) is 5.10 Å². The molecule has 0 aliphatic rings. The van der Waals surface area contributed by atoms with E-state index in [9.17, 15) is 14.0 Å². The summed E-state index contributed by atoms with van der Waals surface area (Å²) in [5, 5.41) is 7.25. The number of hydrogen-bond acceptors (Lipinski definition) is 3. The molecule has 0 atom stereocenters. The number of nitrogens with two attached hydrogens (primary N) is 1. The van der Waals surface area contributed by atoms with Crippen molar-refractivity contribution in [3.8, 4) is 11.5 Å². The van der Waals surface area contributed by atoms with Crippen LogP contribution in [-0.4, -0.2) is 26.2 Å². The summed E-state index contributed by atoms with van der Waals surface area (Å²) in [4.78, 5) is 24.5. The number of nitrogens with one attached hydrogen (secondary N) is 1. The van der Waals surface area contributed by atoms with Gasteiger partial charge in [-0.1, -0.05) is 11.6 Å². The number of rotatable bonds is 5. The van der Waals surface area contributed by atoms with Gasteiger partial charge in [0.25, 0.3) is 5.91 Å². The van der Waals surface area contributed by atoms with E-state index in [1.54, 1.807) is 41.2 Å². The van der Waals surface area contributed by atoms with Gasteiger partial charge in [-0.3, -0.25) is 9.59 Å². The average Bonchev–Trinajstić information content (AvgIpc) is 3.39. The number of aromatic nitrogens is 3. The first-order valence-electron chi connectivity index (χ1n) is 8.82. The van der Waals surface area contributed by atoms with Crippen LogP contribution in [0.1, 0.15) is 20.7 Å². The predicted octanol–water partition coefficient (Wildman–Crippen LogP) is 3.81. The molecule has 0 fully saturated rings. The van der Waals surface area contributed by atoms with Crippen LogP contribution in [0.2, 0.25) is 5.02 Å². The van der Waals surface area contributed by atoms with Crippen molar-refractivity contribution in [2.75, 3.05) is 5.32 Å². The molecule has 4 rings (SSSR count). The summed E-state index contributed by atoms with van der Waals surface area (Å²) in [6.07, 6.45) is 4.92. The predicted molar refractivity (Wildman–Crippen MR) is 111 cm³/mol. The molecule has 2 aromatic heterocycles. The first-order valence-corrected chi connectivity index (χ1v) is 9.20.